The van der Waals surface area contributed by atoms with Crippen LogP contribution >= 0.6 is 27.5 Å². The summed E-state index contributed by atoms with van der Waals surface area (Å²) in [6, 6.07) is 3.91. The maximum absolute atomic E-state index is 12.8. The number of aromatic hydroxyl groups is 1. The van der Waals surface area contributed by atoms with Crippen LogP contribution in [0.4, 0.5) is 18.9 Å². The molecule has 0 aliphatic rings. The number of aryl methyl sites for hydroxylation is 1. The average Bonchev–Trinajstić information content (AvgIpc) is 2.69. The van der Waals surface area contributed by atoms with Crippen LogP contribution in [-0.4, -0.2) is 20.8 Å². The molecular weight excluding hydrogens is 391 g/mol. The fourth-order valence-electron chi connectivity index (χ4n) is 1.72. The van der Waals surface area contributed by atoms with E-state index >= 15 is 0 Å². The number of carbonyl (C=O) groups is 1. The Bertz CT molecular complexity index is 746. The second kappa shape index (κ2) is 5.81. The van der Waals surface area contributed by atoms with Gasteiger partial charge in [-0.05, 0) is 34.1 Å². The number of hydrogen-bond donors (Lipinski definition) is 2. The third kappa shape index (κ3) is 3.20. The predicted molar refractivity (Wildman–Crippen MR) is 77.0 cm³/mol. The Morgan fingerprint density at radius 3 is 2.64 bits per heavy atom. The molecular formula is C12H8BrClF3N3O2. The van der Waals surface area contributed by atoms with E-state index in [0.29, 0.717) is 0 Å². The first-order valence-electron chi connectivity index (χ1n) is 5.71. The van der Waals surface area contributed by atoms with Crippen LogP contribution in [0.5, 0.6) is 5.75 Å². The lowest BCUT2D eigenvalue weighted by molar-refractivity contribution is -0.142. The van der Waals surface area contributed by atoms with Crippen LogP contribution in [-0.2, 0) is 13.2 Å². The van der Waals surface area contributed by atoms with E-state index in [9.17, 15) is 23.1 Å². The molecule has 1 aromatic carbocycles. The highest BCUT2D eigenvalue weighted by Gasteiger charge is 2.39. The molecule has 5 nitrogen and oxygen atoms in total. The fourth-order valence-corrected chi connectivity index (χ4v) is 2.63. The highest BCUT2D eigenvalue weighted by molar-refractivity contribution is 9.10. The zero-order valence-corrected chi connectivity index (χ0v) is 13.2. The minimum Gasteiger partial charge on any atom is -0.506 e. The van der Waals surface area contributed by atoms with Gasteiger partial charge in [0, 0.05) is 12.1 Å². The number of halogens is 5. The monoisotopic (exact) mass is 397 g/mol. The zero-order valence-electron chi connectivity index (χ0n) is 10.9. The van der Waals surface area contributed by atoms with Crippen molar-refractivity contribution < 1.29 is 23.1 Å². The molecule has 0 aliphatic carbocycles. The minimum absolute atomic E-state index is 0.0286. The minimum atomic E-state index is -4.70. The summed E-state index contributed by atoms with van der Waals surface area (Å²) in [5.74, 6) is -1.15. The number of alkyl halides is 3. The van der Waals surface area contributed by atoms with E-state index in [1.165, 1.54) is 25.2 Å². The Labute approximate surface area is 135 Å². The summed E-state index contributed by atoms with van der Waals surface area (Å²) < 4.78 is 38.6. The standard InChI is InChI=1S/C12H8BrClF3N3O2/c1-20-9(8(13)10(19-20)12(15,16)17)11(22)18-6-4-5(14)2-3-7(6)21/h2-4,21H,1H3,(H,18,22). The lowest BCUT2D eigenvalue weighted by Gasteiger charge is -2.08. The second-order valence-corrected chi connectivity index (χ2v) is 5.48. The third-order valence-electron chi connectivity index (χ3n) is 2.68. The quantitative estimate of drug-likeness (QED) is 0.756. The molecule has 118 valence electrons. The highest BCUT2D eigenvalue weighted by atomic mass is 79.9. The molecule has 2 aromatic rings. The van der Waals surface area contributed by atoms with Gasteiger partial charge in [0.2, 0.25) is 0 Å². The van der Waals surface area contributed by atoms with E-state index in [1.807, 2.05) is 0 Å². The van der Waals surface area contributed by atoms with Crippen molar-refractivity contribution in [1.82, 2.24) is 9.78 Å². The van der Waals surface area contributed by atoms with Gasteiger partial charge in [0.15, 0.2) is 5.69 Å². The van der Waals surface area contributed by atoms with Crippen LogP contribution in [0.15, 0.2) is 22.7 Å². The van der Waals surface area contributed by atoms with E-state index in [0.717, 1.165) is 4.68 Å². The van der Waals surface area contributed by atoms with Crippen LogP contribution in [0.1, 0.15) is 16.2 Å². The number of benzene rings is 1. The number of hydrogen-bond acceptors (Lipinski definition) is 3. The lowest BCUT2D eigenvalue weighted by Crippen LogP contribution is -2.16. The first-order valence-corrected chi connectivity index (χ1v) is 6.88. The van der Waals surface area contributed by atoms with Gasteiger partial charge < -0.3 is 10.4 Å². The number of nitrogens with one attached hydrogen (secondary N) is 1. The summed E-state index contributed by atoms with van der Waals surface area (Å²) in [5, 5.41) is 15.4. The van der Waals surface area contributed by atoms with Crippen LogP contribution in [0.25, 0.3) is 0 Å². The summed E-state index contributed by atoms with van der Waals surface area (Å²) in [6.45, 7) is 0. The molecule has 0 aliphatic heterocycles. The van der Waals surface area contributed by atoms with Gasteiger partial charge in [-0.1, -0.05) is 11.6 Å². The Morgan fingerprint density at radius 1 is 1.45 bits per heavy atom. The van der Waals surface area contributed by atoms with Gasteiger partial charge in [-0.25, -0.2) is 0 Å². The first-order chi connectivity index (χ1) is 10.1. The number of aromatic nitrogens is 2. The SMILES string of the molecule is Cn1nc(C(F)(F)F)c(Br)c1C(=O)Nc1cc(Cl)ccc1O. The Kier molecular flexibility index (Phi) is 4.39. The van der Waals surface area contributed by atoms with Crippen molar-refractivity contribution in [3.63, 3.8) is 0 Å². The van der Waals surface area contributed by atoms with Gasteiger partial charge in [-0.15, -0.1) is 0 Å². The number of amides is 1. The maximum atomic E-state index is 12.8. The number of anilines is 1. The summed E-state index contributed by atoms with van der Waals surface area (Å²) in [5.41, 5.74) is -1.58. The molecule has 1 heterocycles. The summed E-state index contributed by atoms with van der Waals surface area (Å²) in [6.07, 6.45) is -4.70. The van der Waals surface area contributed by atoms with E-state index in [2.05, 4.69) is 26.3 Å². The van der Waals surface area contributed by atoms with E-state index in [1.54, 1.807) is 0 Å². The van der Waals surface area contributed by atoms with Crippen molar-refractivity contribution in [3.05, 3.63) is 39.1 Å². The zero-order chi connectivity index (χ0) is 16.7. The average molecular weight is 399 g/mol. The maximum Gasteiger partial charge on any atom is 0.436 e. The van der Waals surface area contributed by atoms with Crippen molar-refractivity contribution in [2.75, 3.05) is 5.32 Å². The molecule has 2 rings (SSSR count). The normalized spacial score (nSPS) is 11.5. The lowest BCUT2D eigenvalue weighted by atomic mass is 10.2. The third-order valence-corrected chi connectivity index (χ3v) is 3.67. The molecule has 0 radical (unpaired) electrons. The molecule has 22 heavy (non-hydrogen) atoms. The Balaban J connectivity index is 2.39. The van der Waals surface area contributed by atoms with E-state index < -0.39 is 22.3 Å². The topological polar surface area (TPSA) is 67.2 Å². The molecule has 0 fully saturated rings. The van der Waals surface area contributed by atoms with Gasteiger partial charge in [-0.3, -0.25) is 9.48 Å². The summed E-state index contributed by atoms with van der Waals surface area (Å²) >= 11 is 8.47. The van der Waals surface area contributed by atoms with Crippen molar-refractivity contribution in [1.29, 1.82) is 0 Å². The van der Waals surface area contributed by atoms with Crippen LogP contribution in [0.2, 0.25) is 5.02 Å². The highest BCUT2D eigenvalue weighted by Crippen LogP contribution is 2.36. The van der Waals surface area contributed by atoms with Gasteiger partial charge in [-0.2, -0.15) is 18.3 Å². The Hall–Kier alpha value is -1.74. The molecule has 2 N–H and O–H groups in total. The van der Waals surface area contributed by atoms with Gasteiger partial charge >= 0.3 is 6.18 Å². The van der Waals surface area contributed by atoms with Crippen molar-refractivity contribution in [2.45, 2.75) is 6.18 Å². The number of phenols is 1. The first kappa shape index (κ1) is 16.6. The smallest absolute Gasteiger partial charge is 0.436 e. The molecule has 0 bridgehead atoms. The largest absolute Gasteiger partial charge is 0.506 e. The number of nitrogens with zero attached hydrogens (tertiary/aromatic N) is 2. The van der Waals surface area contributed by atoms with Crippen molar-refractivity contribution >= 4 is 39.1 Å². The van der Waals surface area contributed by atoms with Crippen molar-refractivity contribution in [2.24, 2.45) is 7.05 Å². The molecule has 1 aromatic heterocycles. The fraction of sp³-hybridized carbons (Fsp3) is 0.167. The van der Waals surface area contributed by atoms with Crippen molar-refractivity contribution in [3.8, 4) is 5.75 Å². The number of phenolic OH excluding ortho intramolecular Hbond substituents is 1. The number of rotatable bonds is 2. The molecule has 0 spiro atoms. The van der Waals surface area contributed by atoms with Crippen LogP contribution < -0.4 is 5.32 Å². The van der Waals surface area contributed by atoms with Gasteiger partial charge in [0.05, 0.1) is 10.2 Å². The Morgan fingerprint density at radius 2 is 2.09 bits per heavy atom. The molecule has 10 heteroatoms. The van der Waals surface area contributed by atoms with Gasteiger partial charge in [0.25, 0.3) is 5.91 Å². The van der Waals surface area contributed by atoms with E-state index in [-0.39, 0.29) is 22.2 Å². The second-order valence-electron chi connectivity index (χ2n) is 4.25. The van der Waals surface area contributed by atoms with Crippen LogP contribution in [0, 0.1) is 0 Å². The summed E-state index contributed by atoms with van der Waals surface area (Å²) in [4.78, 5) is 12.1. The molecule has 0 atom stereocenters. The molecule has 0 saturated heterocycles. The summed E-state index contributed by atoms with van der Waals surface area (Å²) in [7, 11) is 1.20. The molecule has 0 unspecified atom stereocenters. The molecule has 0 saturated carbocycles. The number of carbonyl (C=O) groups excluding carboxylic acids is 1. The molecule has 1 amide bonds. The predicted octanol–water partition coefficient (Wildman–Crippen LogP) is 3.81. The van der Waals surface area contributed by atoms with Crippen LogP contribution in [0.3, 0.4) is 0 Å². The van der Waals surface area contributed by atoms with Gasteiger partial charge in [0.1, 0.15) is 11.4 Å². The van der Waals surface area contributed by atoms with E-state index in [4.69, 9.17) is 11.6 Å².